The van der Waals surface area contributed by atoms with Gasteiger partial charge in [-0.3, -0.25) is 10.1 Å². The molecule has 0 radical (unpaired) electrons. The third-order valence-corrected chi connectivity index (χ3v) is 6.05. The maximum atomic E-state index is 11.9. The number of phenols is 1. The fourth-order valence-electron chi connectivity index (χ4n) is 3.10. The summed E-state index contributed by atoms with van der Waals surface area (Å²) >= 11 is 0. The Hall–Kier alpha value is -2.65. The third kappa shape index (κ3) is 3.94. The molecule has 9 heteroatoms. The molecule has 1 fully saturated rings. The van der Waals surface area contributed by atoms with Gasteiger partial charge >= 0.3 is 0 Å². The van der Waals surface area contributed by atoms with E-state index in [1.54, 1.807) is 29.2 Å². The lowest BCUT2D eigenvalue weighted by molar-refractivity contribution is -0.384. The highest BCUT2D eigenvalue weighted by Crippen LogP contribution is 2.29. The second kappa shape index (κ2) is 6.93. The minimum atomic E-state index is -3.36. The lowest BCUT2D eigenvalue weighted by Gasteiger charge is -2.32. The Bertz CT molecular complexity index is 913. The van der Waals surface area contributed by atoms with E-state index in [-0.39, 0.29) is 29.5 Å². The van der Waals surface area contributed by atoms with Crippen LogP contribution in [0.3, 0.4) is 0 Å². The van der Waals surface area contributed by atoms with Crippen molar-refractivity contribution in [2.24, 2.45) is 0 Å². The lowest BCUT2D eigenvalue weighted by Crippen LogP contribution is -2.42. The average Bonchev–Trinajstić information content (AvgIpc) is 2.85. The van der Waals surface area contributed by atoms with E-state index in [0.29, 0.717) is 5.69 Å². The highest BCUT2D eigenvalue weighted by Gasteiger charge is 2.40. The lowest BCUT2D eigenvalue weighted by atomic mass is 10.1. The number of aromatic hydroxyl groups is 1. The van der Waals surface area contributed by atoms with Crippen molar-refractivity contribution >= 4 is 21.2 Å². The minimum absolute atomic E-state index is 0.0199. The number of hydrogen-bond acceptors (Lipinski definition) is 7. The molecule has 0 unspecified atom stereocenters. The summed E-state index contributed by atoms with van der Waals surface area (Å²) in [6.07, 6.45) is -1.06. The van der Waals surface area contributed by atoms with Crippen LogP contribution in [0.2, 0.25) is 0 Å². The number of sulfone groups is 1. The van der Waals surface area contributed by atoms with Gasteiger partial charge in [0.05, 0.1) is 28.6 Å². The summed E-state index contributed by atoms with van der Waals surface area (Å²) in [7, 11) is -3.36. The first-order chi connectivity index (χ1) is 12.2. The van der Waals surface area contributed by atoms with Gasteiger partial charge in [0.25, 0.3) is 5.69 Å². The number of hydrogen-bond donors (Lipinski definition) is 2. The molecule has 2 aromatic rings. The van der Waals surface area contributed by atoms with Gasteiger partial charge in [-0.05, 0) is 17.7 Å². The second-order valence-corrected chi connectivity index (χ2v) is 8.44. The monoisotopic (exact) mass is 378 g/mol. The Labute approximate surface area is 150 Å². The normalized spacial score (nSPS) is 21.4. The molecule has 2 N–H and O–H groups in total. The van der Waals surface area contributed by atoms with Crippen LogP contribution < -0.4 is 4.90 Å². The van der Waals surface area contributed by atoms with Crippen LogP contribution in [0.15, 0.2) is 48.5 Å². The minimum Gasteiger partial charge on any atom is -0.508 e. The van der Waals surface area contributed by atoms with Gasteiger partial charge < -0.3 is 15.1 Å². The van der Waals surface area contributed by atoms with Gasteiger partial charge in [0.2, 0.25) is 0 Å². The zero-order valence-corrected chi connectivity index (χ0v) is 14.5. The van der Waals surface area contributed by atoms with Crippen LogP contribution in [0.25, 0.3) is 0 Å². The molecular weight excluding hydrogens is 360 g/mol. The van der Waals surface area contributed by atoms with E-state index in [1.807, 2.05) is 0 Å². The molecule has 3 rings (SSSR count). The summed E-state index contributed by atoms with van der Waals surface area (Å²) in [6, 6.07) is 11.6. The van der Waals surface area contributed by atoms with E-state index >= 15 is 0 Å². The van der Waals surface area contributed by atoms with Crippen molar-refractivity contribution in [3.8, 4) is 5.75 Å². The van der Waals surface area contributed by atoms with Gasteiger partial charge in [-0.1, -0.05) is 18.2 Å². The molecule has 2 aromatic carbocycles. The molecule has 0 amide bonds. The van der Waals surface area contributed by atoms with Gasteiger partial charge in [0.1, 0.15) is 5.75 Å². The highest BCUT2D eigenvalue weighted by molar-refractivity contribution is 7.91. The number of phenolic OH excluding ortho intramolecular Hbond substituents is 1. The fraction of sp³-hybridized carbons (Fsp3) is 0.294. The number of non-ortho nitro benzene ring substituents is 1. The van der Waals surface area contributed by atoms with Crippen molar-refractivity contribution in [2.45, 2.75) is 18.7 Å². The van der Waals surface area contributed by atoms with Crippen molar-refractivity contribution < 1.29 is 23.6 Å². The summed E-state index contributed by atoms with van der Waals surface area (Å²) in [5.41, 5.74) is 1.24. The van der Waals surface area contributed by atoms with E-state index in [2.05, 4.69) is 0 Å². The zero-order valence-electron chi connectivity index (χ0n) is 13.7. The molecule has 1 aliphatic rings. The van der Waals surface area contributed by atoms with Crippen LogP contribution >= 0.6 is 0 Å². The standard InChI is InChI=1S/C17H18N2O6S/c20-15-3-1-2-14(8-15)18(16-10-26(24,25)11-17(16)21)9-12-4-6-13(7-5-12)19(22)23/h1-8,16-17,20-21H,9-11H2/t16-,17-/m0/s1. The molecule has 0 bridgehead atoms. The Kier molecular flexibility index (Phi) is 4.84. The zero-order chi connectivity index (χ0) is 18.9. The Morgan fingerprint density at radius 1 is 1.15 bits per heavy atom. The first-order valence-electron chi connectivity index (χ1n) is 7.93. The van der Waals surface area contributed by atoms with Crippen molar-refractivity contribution in [3.05, 3.63) is 64.2 Å². The average molecular weight is 378 g/mol. The second-order valence-electron chi connectivity index (χ2n) is 6.28. The van der Waals surface area contributed by atoms with Crippen molar-refractivity contribution in [2.75, 3.05) is 16.4 Å². The third-order valence-electron chi connectivity index (χ3n) is 4.36. The summed E-state index contributed by atoms with van der Waals surface area (Å²) < 4.78 is 23.8. The van der Waals surface area contributed by atoms with Crippen molar-refractivity contribution in [1.82, 2.24) is 0 Å². The first-order valence-corrected chi connectivity index (χ1v) is 9.75. The first kappa shape index (κ1) is 18.2. The number of aliphatic hydroxyl groups excluding tert-OH is 1. The van der Waals surface area contributed by atoms with E-state index in [4.69, 9.17) is 0 Å². The Morgan fingerprint density at radius 3 is 2.38 bits per heavy atom. The molecule has 1 saturated heterocycles. The highest BCUT2D eigenvalue weighted by atomic mass is 32.2. The summed E-state index contributed by atoms with van der Waals surface area (Å²) in [5, 5.41) is 30.8. The largest absolute Gasteiger partial charge is 0.508 e. The van der Waals surface area contributed by atoms with E-state index in [0.717, 1.165) is 5.56 Å². The van der Waals surface area contributed by atoms with E-state index in [1.165, 1.54) is 24.3 Å². The van der Waals surface area contributed by atoms with Crippen LogP contribution in [0.5, 0.6) is 5.75 Å². The summed E-state index contributed by atoms with van der Waals surface area (Å²) in [4.78, 5) is 12.0. The molecule has 138 valence electrons. The van der Waals surface area contributed by atoms with Crippen molar-refractivity contribution in [1.29, 1.82) is 0 Å². The van der Waals surface area contributed by atoms with Crippen LogP contribution in [0.1, 0.15) is 5.56 Å². The summed E-state index contributed by atoms with van der Waals surface area (Å²) in [5.74, 6) is -0.490. The Balaban J connectivity index is 1.94. The molecule has 2 atom stereocenters. The van der Waals surface area contributed by atoms with Crippen molar-refractivity contribution in [3.63, 3.8) is 0 Å². The fourth-order valence-corrected chi connectivity index (χ4v) is 4.90. The SMILES string of the molecule is O=[N+]([O-])c1ccc(CN(c2cccc(O)c2)[C@H]2CS(=O)(=O)C[C@@H]2O)cc1. The molecule has 0 aliphatic carbocycles. The maximum Gasteiger partial charge on any atom is 0.269 e. The smallest absolute Gasteiger partial charge is 0.269 e. The number of nitro benzene ring substituents is 1. The molecular formula is C17H18N2O6S. The number of nitrogens with zero attached hydrogens (tertiary/aromatic N) is 2. The van der Waals surface area contributed by atoms with Crippen LogP contribution in [0.4, 0.5) is 11.4 Å². The van der Waals surface area contributed by atoms with Crippen LogP contribution in [-0.4, -0.2) is 47.2 Å². The molecule has 8 nitrogen and oxygen atoms in total. The van der Waals surface area contributed by atoms with Gasteiger partial charge in [0.15, 0.2) is 9.84 Å². The van der Waals surface area contributed by atoms with E-state index in [9.17, 15) is 28.7 Å². The predicted octanol–water partition coefficient (Wildman–Crippen LogP) is 1.46. The van der Waals surface area contributed by atoms with E-state index < -0.39 is 26.9 Å². The molecule has 1 aliphatic heterocycles. The Morgan fingerprint density at radius 2 is 1.85 bits per heavy atom. The number of benzene rings is 2. The van der Waals surface area contributed by atoms with Crippen LogP contribution in [-0.2, 0) is 16.4 Å². The molecule has 0 aromatic heterocycles. The molecule has 1 heterocycles. The van der Waals surface area contributed by atoms with Gasteiger partial charge in [-0.2, -0.15) is 0 Å². The topological polar surface area (TPSA) is 121 Å². The maximum absolute atomic E-state index is 11.9. The predicted molar refractivity (Wildman–Crippen MR) is 95.8 cm³/mol. The number of rotatable bonds is 5. The molecule has 0 spiro atoms. The number of nitro groups is 1. The molecule has 26 heavy (non-hydrogen) atoms. The van der Waals surface area contributed by atoms with Crippen LogP contribution in [0, 0.1) is 10.1 Å². The number of aliphatic hydroxyl groups is 1. The van der Waals surface area contributed by atoms with Gasteiger partial charge in [-0.25, -0.2) is 8.42 Å². The summed E-state index contributed by atoms with van der Waals surface area (Å²) in [6.45, 7) is 0.235. The number of anilines is 1. The van der Waals surface area contributed by atoms with Gasteiger partial charge in [0, 0.05) is 30.4 Å². The quantitative estimate of drug-likeness (QED) is 0.597. The molecule has 0 saturated carbocycles. The van der Waals surface area contributed by atoms with Gasteiger partial charge in [-0.15, -0.1) is 0 Å².